The van der Waals surface area contributed by atoms with Gasteiger partial charge in [0.05, 0.1) is 10.2 Å². The molecule has 1 aliphatic rings. The Morgan fingerprint density at radius 3 is 2.88 bits per heavy atom. The highest BCUT2D eigenvalue weighted by Crippen LogP contribution is 2.26. The standard InChI is InChI=1S/C9H11N3O4S/c13-12(14)8-2-1-4-11-9(8)17(15,16)7-3-5-10-6-7/h1-2,4,7,10H,3,5-6H2/t7-/m0/s1. The van der Waals surface area contributed by atoms with Gasteiger partial charge in [-0.25, -0.2) is 13.4 Å². The van der Waals surface area contributed by atoms with E-state index in [-0.39, 0.29) is 0 Å². The van der Waals surface area contributed by atoms with Gasteiger partial charge >= 0.3 is 5.69 Å². The first-order valence-electron chi connectivity index (χ1n) is 5.07. The van der Waals surface area contributed by atoms with Crippen molar-refractivity contribution in [3.63, 3.8) is 0 Å². The Bertz CT molecular complexity index is 537. The van der Waals surface area contributed by atoms with Crippen molar-refractivity contribution >= 4 is 15.5 Å². The van der Waals surface area contributed by atoms with Crippen molar-refractivity contribution in [1.82, 2.24) is 10.3 Å². The summed E-state index contributed by atoms with van der Waals surface area (Å²) >= 11 is 0. The molecular weight excluding hydrogens is 246 g/mol. The van der Waals surface area contributed by atoms with E-state index in [1.807, 2.05) is 0 Å². The minimum Gasteiger partial charge on any atom is -0.315 e. The molecule has 7 nitrogen and oxygen atoms in total. The summed E-state index contributed by atoms with van der Waals surface area (Å²) < 4.78 is 24.3. The summed E-state index contributed by atoms with van der Waals surface area (Å²) in [6, 6.07) is 2.51. The number of nitrogens with zero attached hydrogens (tertiary/aromatic N) is 2. The molecule has 2 heterocycles. The van der Waals surface area contributed by atoms with Crippen molar-refractivity contribution in [3.05, 3.63) is 28.4 Å². The summed E-state index contributed by atoms with van der Waals surface area (Å²) in [5, 5.41) is 12.6. The van der Waals surface area contributed by atoms with E-state index in [4.69, 9.17) is 0 Å². The fourth-order valence-electron chi connectivity index (χ4n) is 1.79. The van der Waals surface area contributed by atoms with Gasteiger partial charge in [0.2, 0.25) is 14.9 Å². The van der Waals surface area contributed by atoms with Gasteiger partial charge in [0.25, 0.3) is 0 Å². The van der Waals surface area contributed by atoms with Crippen LogP contribution in [0.15, 0.2) is 23.4 Å². The predicted molar refractivity (Wildman–Crippen MR) is 59.4 cm³/mol. The molecule has 1 aromatic heterocycles. The van der Waals surface area contributed by atoms with Gasteiger partial charge in [0.1, 0.15) is 0 Å². The molecule has 0 aromatic carbocycles. The van der Waals surface area contributed by atoms with E-state index in [1.54, 1.807) is 0 Å². The highest BCUT2D eigenvalue weighted by atomic mass is 32.2. The number of sulfone groups is 1. The number of pyridine rings is 1. The van der Waals surface area contributed by atoms with Crippen LogP contribution in [0.2, 0.25) is 0 Å². The molecule has 0 amide bonds. The second-order valence-corrected chi connectivity index (χ2v) is 5.89. The first-order valence-corrected chi connectivity index (χ1v) is 6.62. The van der Waals surface area contributed by atoms with Gasteiger partial charge < -0.3 is 5.32 Å². The van der Waals surface area contributed by atoms with Gasteiger partial charge in [-0.3, -0.25) is 10.1 Å². The van der Waals surface area contributed by atoms with Crippen LogP contribution in [0.4, 0.5) is 5.69 Å². The average molecular weight is 257 g/mol. The van der Waals surface area contributed by atoms with E-state index >= 15 is 0 Å². The third kappa shape index (κ3) is 2.13. The number of rotatable bonds is 3. The van der Waals surface area contributed by atoms with E-state index in [0.717, 1.165) is 6.07 Å². The lowest BCUT2D eigenvalue weighted by Gasteiger charge is -2.09. The van der Waals surface area contributed by atoms with Gasteiger partial charge in [0.15, 0.2) is 0 Å². The Morgan fingerprint density at radius 1 is 1.53 bits per heavy atom. The largest absolute Gasteiger partial charge is 0.315 e. The van der Waals surface area contributed by atoms with E-state index in [9.17, 15) is 18.5 Å². The Kier molecular flexibility index (Phi) is 3.07. The van der Waals surface area contributed by atoms with E-state index in [2.05, 4.69) is 10.3 Å². The first-order chi connectivity index (χ1) is 8.03. The summed E-state index contributed by atoms with van der Waals surface area (Å²) in [5.41, 5.74) is -0.459. The molecule has 0 bridgehead atoms. The molecule has 0 radical (unpaired) electrons. The lowest BCUT2D eigenvalue weighted by atomic mass is 10.4. The Labute approximate surface area is 97.9 Å². The molecule has 1 N–H and O–H groups in total. The maximum Gasteiger partial charge on any atom is 0.306 e. The lowest BCUT2D eigenvalue weighted by Crippen LogP contribution is -2.25. The van der Waals surface area contributed by atoms with Crippen LogP contribution in [0, 0.1) is 10.1 Å². The topological polar surface area (TPSA) is 102 Å². The molecule has 0 saturated carbocycles. The monoisotopic (exact) mass is 257 g/mol. The molecule has 1 aromatic rings. The zero-order valence-electron chi connectivity index (χ0n) is 8.87. The number of nitro groups is 1. The van der Waals surface area contributed by atoms with Gasteiger partial charge in [0, 0.05) is 18.8 Å². The maximum absolute atomic E-state index is 12.2. The highest BCUT2D eigenvalue weighted by molar-refractivity contribution is 7.92. The van der Waals surface area contributed by atoms with Crippen molar-refractivity contribution in [3.8, 4) is 0 Å². The summed E-state index contributed by atoms with van der Waals surface area (Å²) in [4.78, 5) is 13.7. The predicted octanol–water partition coefficient (Wildman–Crippen LogP) is 0.125. The quantitative estimate of drug-likeness (QED) is 0.609. The average Bonchev–Trinajstić information content (AvgIpc) is 2.83. The third-order valence-electron chi connectivity index (χ3n) is 2.67. The summed E-state index contributed by atoms with van der Waals surface area (Å²) in [7, 11) is -3.73. The van der Waals surface area contributed by atoms with Crippen LogP contribution < -0.4 is 5.32 Å². The molecule has 1 fully saturated rings. The summed E-state index contributed by atoms with van der Waals surface area (Å²) in [6.07, 6.45) is 1.71. The first kappa shape index (κ1) is 11.9. The van der Waals surface area contributed by atoms with Crippen LogP contribution in [-0.2, 0) is 9.84 Å². The molecule has 0 unspecified atom stereocenters. The SMILES string of the molecule is O=[N+]([O-])c1cccnc1S(=O)(=O)[C@H]1CCNC1. The van der Waals surface area contributed by atoms with Crippen LogP contribution in [0.25, 0.3) is 0 Å². The zero-order chi connectivity index (χ0) is 12.5. The van der Waals surface area contributed by atoms with Gasteiger partial charge in [-0.15, -0.1) is 0 Å². The molecule has 0 spiro atoms. The third-order valence-corrected chi connectivity index (χ3v) is 4.80. The van der Waals surface area contributed by atoms with Crippen LogP contribution >= 0.6 is 0 Å². The number of hydrogen-bond donors (Lipinski definition) is 1. The number of hydrogen-bond acceptors (Lipinski definition) is 6. The van der Waals surface area contributed by atoms with Crippen LogP contribution in [0.5, 0.6) is 0 Å². The van der Waals surface area contributed by atoms with E-state index < -0.39 is 30.7 Å². The van der Waals surface area contributed by atoms with Crippen LogP contribution in [0.3, 0.4) is 0 Å². The molecule has 2 rings (SSSR count). The second kappa shape index (κ2) is 4.38. The summed E-state index contributed by atoms with van der Waals surface area (Å²) in [6.45, 7) is 0.917. The molecule has 8 heteroatoms. The second-order valence-electron chi connectivity index (χ2n) is 3.74. The van der Waals surface area contributed by atoms with Crippen molar-refractivity contribution in [1.29, 1.82) is 0 Å². The Balaban J connectivity index is 2.49. The van der Waals surface area contributed by atoms with E-state index in [1.165, 1.54) is 12.3 Å². The lowest BCUT2D eigenvalue weighted by molar-refractivity contribution is -0.388. The molecule has 1 aliphatic heterocycles. The minimum atomic E-state index is -3.73. The van der Waals surface area contributed by atoms with Crippen molar-refractivity contribution in [2.24, 2.45) is 0 Å². The van der Waals surface area contributed by atoms with E-state index in [0.29, 0.717) is 19.5 Å². The van der Waals surface area contributed by atoms with Crippen LogP contribution in [0.1, 0.15) is 6.42 Å². The van der Waals surface area contributed by atoms with Crippen molar-refractivity contribution in [2.45, 2.75) is 16.7 Å². The van der Waals surface area contributed by atoms with Crippen molar-refractivity contribution < 1.29 is 13.3 Å². The molecule has 0 aliphatic carbocycles. The Morgan fingerprint density at radius 2 is 2.29 bits per heavy atom. The minimum absolute atomic E-state index is 0.316. The fourth-order valence-corrected chi connectivity index (χ4v) is 3.51. The fraction of sp³-hybridized carbons (Fsp3) is 0.444. The normalized spacial score (nSPS) is 20.4. The molecule has 1 saturated heterocycles. The highest BCUT2D eigenvalue weighted by Gasteiger charge is 2.36. The van der Waals surface area contributed by atoms with Crippen molar-refractivity contribution in [2.75, 3.05) is 13.1 Å². The molecule has 92 valence electrons. The van der Waals surface area contributed by atoms with Crippen LogP contribution in [-0.4, -0.2) is 36.7 Å². The van der Waals surface area contributed by atoms with Gasteiger partial charge in [-0.2, -0.15) is 0 Å². The van der Waals surface area contributed by atoms with Gasteiger partial charge in [-0.05, 0) is 19.0 Å². The number of nitrogens with one attached hydrogen (secondary N) is 1. The summed E-state index contributed by atoms with van der Waals surface area (Å²) in [5.74, 6) is 0. The molecule has 1 atom stereocenters. The maximum atomic E-state index is 12.2. The molecule has 17 heavy (non-hydrogen) atoms. The van der Waals surface area contributed by atoms with Gasteiger partial charge in [-0.1, -0.05) is 0 Å². The zero-order valence-corrected chi connectivity index (χ0v) is 9.68. The molecular formula is C9H11N3O4S. The Hall–Kier alpha value is -1.54. The smallest absolute Gasteiger partial charge is 0.306 e. The number of aromatic nitrogens is 1.